The van der Waals surface area contributed by atoms with Gasteiger partial charge in [-0.15, -0.1) is 0 Å². The van der Waals surface area contributed by atoms with E-state index in [-0.39, 0.29) is 24.8 Å². The number of nitrogens with two attached hydrogens (primary N) is 1. The first-order valence-corrected chi connectivity index (χ1v) is 5.69. The van der Waals surface area contributed by atoms with E-state index in [1.807, 2.05) is 20.8 Å². The summed E-state index contributed by atoms with van der Waals surface area (Å²) in [5.74, 6) is 0. The number of aliphatic hydroxyl groups excluding tert-OH is 1. The summed E-state index contributed by atoms with van der Waals surface area (Å²) < 4.78 is 5.28. The number of carbonyl (C=O) groups excluding carboxylic acids is 1. The standard InChI is InChI=1S/C11H22N2O3/c1-11(2,3)16-10(15)13-5-4-8(12)6-9(13)7-14/h8-9,14H,4-7,12H2,1-3H3/t8-,9+/m0/s1. The second-order valence-corrected chi connectivity index (χ2v) is 5.29. The first kappa shape index (κ1) is 13.3. The van der Waals surface area contributed by atoms with Crippen LogP contribution in [0.1, 0.15) is 33.6 Å². The van der Waals surface area contributed by atoms with Crippen molar-refractivity contribution in [2.24, 2.45) is 5.73 Å². The Labute approximate surface area is 96.6 Å². The molecule has 1 rings (SSSR count). The van der Waals surface area contributed by atoms with Gasteiger partial charge >= 0.3 is 6.09 Å². The van der Waals surface area contributed by atoms with Crippen molar-refractivity contribution < 1.29 is 14.6 Å². The lowest BCUT2D eigenvalue weighted by atomic mass is 9.99. The van der Waals surface area contributed by atoms with Crippen molar-refractivity contribution in [2.45, 2.75) is 51.3 Å². The first-order chi connectivity index (χ1) is 7.33. The second-order valence-electron chi connectivity index (χ2n) is 5.29. The van der Waals surface area contributed by atoms with Crippen LogP contribution in [0.2, 0.25) is 0 Å². The van der Waals surface area contributed by atoms with E-state index in [2.05, 4.69) is 0 Å². The van der Waals surface area contributed by atoms with Crippen molar-refractivity contribution in [3.05, 3.63) is 0 Å². The molecular formula is C11H22N2O3. The molecule has 0 spiro atoms. The molecule has 0 saturated carbocycles. The summed E-state index contributed by atoms with van der Waals surface area (Å²) >= 11 is 0. The van der Waals surface area contributed by atoms with Gasteiger partial charge < -0.3 is 20.5 Å². The van der Waals surface area contributed by atoms with Crippen molar-refractivity contribution in [3.63, 3.8) is 0 Å². The highest BCUT2D eigenvalue weighted by atomic mass is 16.6. The van der Waals surface area contributed by atoms with Gasteiger partial charge in [0, 0.05) is 12.6 Å². The van der Waals surface area contributed by atoms with E-state index in [9.17, 15) is 9.90 Å². The van der Waals surface area contributed by atoms with Gasteiger partial charge in [-0.1, -0.05) is 0 Å². The number of likely N-dealkylation sites (tertiary alicyclic amines) is 1. The molecule has 16 heavy (non-hydrogen) atoms. The van der Waals surface area contributed by atoms with Gasteiger partial charge in [-0.2, -0.15) is 0 Å². The van der Waals surface area contributed by atoms with Crippen LogP contribution >= 0.6 is 0 Å². The third kappa shape index (κ3) is 3.64. The Kier molecular flexibility index (Phi) is 4.15. The Balaban J connectivity index is 2.60. The lowest BCUT2D eigenvalue weighted by Gasteiger charge is -2.38. The SMILES string of the molecule is CC(C)(C)OC(=O)N1CC[C@H](N)C[C@@H]1CO. The molecule has 1 aliphatic heterocycles. The number of amides is 1. The van der Waals surface area contributed by atoms with Gasteiger partial charge in [-0.3, -0.25) is 0 Å². The molecule has 1 heterocycles. The Morgan fingerprint density at radius 2 is 2.19 bits per heavy atom. The lowest BCUT2D eigenvalue weighted by molar-refractivity contribution is -0.0000619. The fourth-order valence-corrected chi connectivity index (χ4v) is 1.82. The van der Waals surface area contributed by atoms with Gasteiger partial charge in [0.15, 0.2) is 0 Å². The topological polar surface area (TPSA) is 75.8 Å². The number of ether oxygens (including phenoxy) is 1. The van der Waals surface area contributed by atoms with Gasteiger partial charge in [-0.05, 0) is 33.6 Å². The molecule has 2 atom stereocenters. The maximum atomic E-state index is 11.8. The minimum absolute atomic E-state index is 0.0626. The Morgan fingerprint density at radius 3 is 2.69 bits per heavy atom. The van der Waals surface area contributed by atoms with Gasteiger partial charge in [0.25, 0.3) is 0 Å². The molecule has 94 valence electrons. The minimum Gasteiger partial charge on any atom is -0.444 e. The number of nitrogens with zero attached hydrogens (tertiary/aromatic N) is 1. The number of hydrogen-bond acceptors (Lipinski definition) is 4. The van der Waals surface area contributed by atoms with Crippen LogP contribution in [0.15, 0.2) is 0 Å². The van der Waals surface area contributed by atoms with Gasteiger partial charge in [0.2, 0.25) is 0 Å². The number of hydrogen-bond donors (Lipinski definition) is 2. The molecule has 0 radical (unpaired) electrons. The van der Waals surface area contributed by atoms with Crippen LogP contribution in [0.3, 0.4) is 0 Å². The third-order valence-corrected chi connectivity index (χ3v) is 2.60. The lowest BCUT2D eigenvalue weighted by Crippen LogP contribution is -2.52. The highest BCUT2D eigenvalue weighted by molar-refractivity contribution is 5.68. The molecular weight excluding hydrogens is 208 g/mol. The maximum absolute atomic E-state index is 11.8. The van der Waals surface area contributed by atoms with Crippen molar-refractivity contribution in [3.8, 4) is 0 Å². The largest absolute Gasteiger partial charge is 0.444 e. The summed E-state index contributed by atoms with van der Waals surface area (Å²) in [6.45, 7) is 5.98. The molecule has 0 aromatic heterocycles. The van der Waals surface area contributed by atoms with Crippen molar-refractivity contribution in [2.75, 3.05) is 13.2 Å². The van der Waals surface area contributed by atoms with Crippen LogP contribution in [0, 0.1) is 0 Å². The predicted octanol–water partition coefficient (Wildman–Crippen LogP) is 0.705. The molecule has 0 aromatic rings. The molecule has 0 unspecified atom stereocenters. The third-order valence-electron chi connectivity index (χ3n) is 2.60. The molecule has 1 saturated heterocycles. The van der Waals surface area contributed by atoms with Crippen LogP contribution in [0.4, 0.5) is 4.79 Å². The molecule has 0 aromatic carbocycles. The Hall–Kier alpha value is -0.810. The van der Waals surface area contributed by atoms with Crippen molar-refractivity contribution in [1.29, 1.82) is 0 Å². The number of aliphatic hydroxyl groups is 1. The summed E-state index contributed by atoms with van der Waals surface area (Å²) in [7, 11) is 0. The summed E-state index contributed by atoms with van der Waals surface area (Å²) in [5.41, 5.74) is 5.30. The van der Waals surface area contributed by atoms with Gasteiger partial charge in [0.1, 0.15) is 5.60 Å². The molecule has 0 aliphatic carbocycles. The summed E-state index contributed by atoms with van der Waals surface area (Å²) in [6.07, 6.45) is 1.03. The molecule has 3 N–H and O–H groups in total. The van der Waals surface area contributed by atoms with Crippen LogP contribution in [0.5, 0.6) is 0 Å². The van der Waals surface area contributed by atoms with E-state index in [1.165, 1.54) is 0 Å². The van der Waals surface area contributed by atoms with Crippen LogP contribution < -0.4 is 5.73 Å². The Morgan fingerprint density at radius 1 is 1.56 bits per heavy atom. The fourth-order valence-electron chi connectivity index (χ4n) is 1.82. The monoisotopic (exact) mass is 230 g/mol. The average Bonchev–Trinajstić information content (AvgIpc) is 2.14. The smallest absolute Gasteiger partial charge is 0.410 e. The summed E-state index contributed by atoms with van der Waals surface area (Å²) in [6, 6.07) is -0.144. The zero-order valence-corrected chi connectivity index (χ0v) is 10.3. The van der Waals surface area contributed by atoms with Crippen molar-refractivity contribution >= 4 is 6.09 Å². The van der Waals surface area contributed by atoms with E-state index in [1.54, 1.807) is 4.90 Å². The van der Waals surface area contributed by atoms with Gasteiger partial charge in [-0.25, -0.2) is 4.79 Å². The maximum Gasteiger partial charge on any atom is 0.410 e. The average molecular weight is 230 g/mol. The van der Waals surface area contributed by atoms with Crippen molar-refractivity contribution in [1.82, 2.24) is 4.90 Å². The zero-order chi connectivity index (χ0) is 12.3. The molecule has 1 fully saturated rings. The van der Waals surface area contributed by atoms with E-state index >= 15 is 0 Å². The summed E-state index contributed by atoms with van der Waals surface area (Å²) in [5, 5.41) is 9.22. The van der Waals surface area contributed by atoms with Crippen LogP contribution in [-0.4, -0.2) is 46.9 Å². The van der Waals surface area contributed by atoms with E-state index in [0.29, 0.717) is 13.0 Å². The number of rotatable bonds is 1. The van der Waals surface area contributed by atoms with Gasteiger partial charge in [0.05, 0.1) is 12.6 Å². The minimum atomic E-state index is -0.503. The van der Waals surface area contributed by atoms with E-state index in [0.717, 1.165) is 6.42 Å². The van der Waals surface area contributed by atoms with Crippen LogP contribution in [0.25, 0.3) is 0 Å². The molecule has 1 aliphatic rings. The first-order valence-electron chi connectivity index (χ1n) is 5.69. The second kappa shape index (κ2) is 5.01. The van der Waals surface area contributed by atoms with E-state index < -0.39 is 5.60 Å². The number of carbonyl (C=O) groups is 1. The zero-order valence-electron chi connectivity index (χ0n) is 10.3. The summed E-state index contributed by atoms with van der Waals surface area (Å²) in [4.78, 5) is 13.4. The van der Waals surface area contributed by atoms with E-state index in [4.69, 9.17) is 10.5 Å². The molecule has 0 bridgehead atoms. The fraction of sp³-hybridized carbons (Fsp3) is 0.909. The highest BCUT2D eigenvalue weighted by Gasteiger charge is 2.32. The molecule has 5 nitrogen and oxygen atoms in total. The Bertz CT molecular complexity index is 250. The quantitative estimate of drug-likeness (QED) is 0.695. The number of piperidine rings is 1. The highest BCUT2D eigenvalue weighted by Crippen LogP contribution is 2.19. The van der Waals surface area contributed by atoms with Crippen LogP contribution in [-0.2, 0) is 4.74 Å². The molecule has 1 amide bonds. The molecule has 5 heteroatoms. The predicted molar refractivity (Wildman–Crippen MR) is 61.0 cm³/mol. The normalized spacial score (nSPS) is 26.7.